The highest BCUT2D eigenvalue weighted by Gasteiger charge is 2.01. The fourth-order valence-electron chi connectivity index (χ4n) is 1.38. The first kappa shape index (κ1) is 13.2. The molecule has 0 amide bonds. The van der Waals surface area contributed by atoms with E-state index in [2.05, 4.69) is 15.3 Å². The van der Waals surface area contributed by atoms with Gasteiger partial charge in [0.2, 0.25) is 5.28 Å². The van der Waals surface area contributed by atoms with Gasteiger partial charge in [-0.3, -0.25) is 0 Å². The van der Waals surface area contributed by atoms with Crippen LogP contribution < -0.4 is 5.32 Å². The summed E-state index contributed by atoms with van der Waals surface area (Å²) in [6.07, 6.45) is 2.00. The number of aryl methyl sites for hydroxylation is 1. The largest absolute Gasteiger partial charge is 0.396 e. The van der Waals surface area contributed by atoms with Gasteiger partial charge in [0.15, 0.2) is 0 Å². The summed E-state index contributed by atoms with van der Waals surface area (Å²) in [7, 11) is 0. The van der Waals surface area contributed by atoms with E-state index in [1.807, 2.05) is 19.9 Å². The maximum Gasteiger partial charge on any atom is 0.224 e. The summed E-state index contributed by atoms with van der Waals surface area (Å²) < 4.78 is 0. The Hall–Kier alpha value is -0.870. The molecule has 1 aromatic heterocycles. The Labute approximate surface area is 101 Å². The lowest BCUT2D eigenvalue weighted by molar-refractivity contribution is 0.229. The van der Waals surface area contributed by atoms with Crippen LogP contribution >= 0.6 is 11.6 Å². The van der Waals surface area contributed by atoms with E-state index in [4.69, 9.17) is 16.7 Å². The molecule has 2 N–H and O–H groups in total. The summed E-state index contributed by atoms with van der Waals surface area (Å²) in [5.74, 6) is 1.12. The third-order valence-electron chi connectivity index (χ3n) is 2.32. The molecule has 0 bridgehead atoms. The van der Waals surface area contributed by atoms with Gasteiger partial charge in [-0.25, -0.2) is 9.97 Å². The Balaban J connectivity index is 2.32. The standard InChI is InChI=1S/C11H18ClN3O/c1-8(7-16)4-3-5-13-10-6-9(2)14-11(12)15-10/h6,8,16H,3-5,7H2,1-2H3,(H,13,14,15). The minimum atomic E-state index is 0.248. The molecular formula is C11H18ClN3O. The van der Waals surface area contributed by atoms with Gasteiger partial charge < -0.3 is 10.4 Å². The molecular weight excluding hydrogens is 226 g/mol. The molecule has 1 unspecified atom stereocenters. The predicted molar refractivity (Wildman–Crippen MR) is 65.8 cm³/mol. The Morgan fingerprint density at radius 2 is 2.25 bits per heavy atom. The third-order valence-corrected chi connectivity index (χ3v) is 2.49. The average molecular weight is 244 g/mol. The van der Waals surface area contributed by atoms with Crippen molar-refractivity contribution in [2.24, 2.45) is 5.92 Å². The number of nitrogens with zero attached hydrogens (tertiary/aromatic N) is 2. The lowest BCUT2D eigenvalue weighted by Crippen LogP contribution is -2.08. The van der Waals surface area contributed by atoms with Gasteiger partial charge in [-0.15, -0.1) is 0 Å². The van der Waals surface area contributed by atoms with Crippen LogP contribution in [0, 0.1) is 12.8 Å². The second kappa shape index (κ2) is 6.66. The maximum atomic E-state index is 8.87. The topological polar surface area (TPSA) is 58.0 Å². The summed E-state index contributed by atoms with van der Waals surface area (Å²) >= 11 is 5.74. The van der Waals surface area contributed by atoms with Crippen molar-refractivity contribution in [3.8, 4) is 0 Å². The third kappa shape index (κ3) is 4.77. The van der Waals surface area contributed by atoms with Crippen LogP contribution in [0.2, 0.25) is 5.28 Å². The van der Waals surface area contributed by atoms with E-state index >= 15 is 0 Å². The monoisotopic (exact) mass is 243 g/mol. The molecule has 0 aromatic carbocycles. The van der Waals surface area contributed by atoms with Crippen LogP contribution in [-0.4, -0.2) is 28.2 Å². The van der Waals surface area contributed by atoms with Crippen LogP contribution in [0.3, 0.4) is 0 Å². The summed E-state index contributed by atoms with van der Waals surface area (Å²) in [6.45, 7) is 4.99. The second-order valence-electron chi connectivity index (χ2n) is 4.02. The molecule has 0 radical (unpaired) electrons. The van der Waals surface area contributed by atoms with Gasteiger partial charge in [-0.2, -0.15) is 0 Å². The van der Waals surface area contributed by atoms with Crippen LogP contribution in [0.4, 0.5) is 5.82 Å². The molecule has 0 spiro atoms. The highest BCUT2D eigenvalue weighted by atomic mass is 35.5. The van der Waals surface area contributed by atoms with E-state index in [9.17, 15) is 0 Å². The van der Waals surface area contributed by atoms with Crippen molar-refractivity contribution >= 4 is 17.4 Å². The smallest absolute Gasteiger partial charge is 0.224 e. The maximum absolute atomic E-state index is 8.87. The van der Waals surface area contributed by atoms with E-state index in [1.165, 1.54) is 0 Å². The number of aromatic nitrogens is 2. The molecule has 0 aliphatic carbocycles. The van der Waals surface area contributed by atoms with Gasteiger partial charge in [0.25, 0.3) is 0 Å². The molecule has 4 nitrogen and oxygen atoms in total. The molecule has 1 rings (SSSR count). The van der Waals surface area contributed by atoms with Crippen molar-refractivity contribution in [3.63, 3.8) is 0 Å². The SMILES string of the molecule is Cc1cc(NCCCC(C)CO)nc(Cl)n1. The Kier molecular flexibility index (Phi) is 5.49. The number of anilines is 1. The molecule has 90 valence electrons. The van der Waals surface area contributed by atoms with Gasteiger partial charge in [0.05, 0.1) is 0 Å². The summed E-state index contributed by atoms with van der Waals surface area (Å²) in [5.41, 5.74) is 0.853. The number of rotatable bonds is 6. The van der Waals surface area contributed by atoms with E-state index in [0.717, 1.165) is 30.9 Å². The Morgan fingerprint density at radius 3 is 2.88 bits per heavy atom. The van der Waals surface area contributed by atoms with Crippen LogP contribution in [0.25, 0.3) is 0 Å². The van der Waals surface area contributed by atoms with Crippen molar-refractivity contribution in [1.82, 2.24) is 9.97 Å². The fourth-order valence-corrected chi connectivity index (χ4v) is 1.61. The van der Waals surface area contributed by atoms with Crippen LogP contribution in [-0.2, 0) is 0 Å². The van der Waals surface area contributed by atoms with Crippen molar-refractivity contribution in [2.45, 2.75) is 26.7 Å². The first-order valence-corrected chi connectivity index (χ1v) is 5.85. The normalized spacial score (nSPS) is 12.5. The summed E-state index contributed by atoms with van der Waals surface area (Å²) in [6, 6.07) is 1.86. The molecule has 1 atom stereocenters. The zero-order chi connectivity index (χ0) is 12.0. The molecule has 0 aliphatic heterocycles. The van der Waals surface area contributed by atoms with Crippen molar-refractivity contribution in [1.29, 1.82) is 0 Å². The number of hydrogen-bond acceptors (Lipinski definition) is 4. The van der Waals surface area contributed by atoms with Gasteiger partial charge >= 0.3 is 0 Å². The Morgan fingerprint density at radius 1 is 1.50 bits per heavy atom. The molecule has 5 heteroatoms. The number of hydrogen-bond donors (Lipinski definition) is 2. The van der Waals surface area contributed by atoms with Gasteiger partial charge in [-0.1, -0.05) is 6.92 Å². The van der Waals surface area contributed by atoms with Gasteiger partial charge in [-0.05, 0) is 37.3 Å². The molecule has 0 saturated carbocycles. The van der Waals surface area contributed by atoms with Crippen LogP contribution in [0.5, 0.6) is 0 Å². The van der Waals surface area contributed by atoms with E-state index in [-0.39, 0.29) is 11.9 Å². The fraction of sp³-hybridized carbons (Fsp3) is 0.636. The van der Waals surface area contributed by atoms with Gasteiger partial charge in [0.1, 0.15) is 5.82 Å². The molecule has 0 fully saturated rings. The van der Waals surface area contributed by atoms with Crippen molar-refractivity contribution in [3.05, 3.63) is 17.0 Å². The Bertz CT molecular complexity index is 313. The lowest BCUT2D eigenvalue weighted by atomic mass is 10.1. The summed E-state index contributed by atoms with van der Waals surface area (Å²) in [5, 5.41) is 12.3. The van der Waals surface area contributed by atoms with E-state index in [1.54, 1.807) is 0 Å². The quantitative estimate of drug-likeness (QED) is 0.594. The van der Waals surface area contributed by atoms with Crippen molar-refractivity contribution in [2.75, 3.05) is 18.5 Å². The number of halogens is 1. The van der Waals surface area contributed by atoms with Crippen LogP contribution in [0.15, 0.2) is 6.07 Å². The van der Waals surface area contributed by atoms with Crippen molar-refractivity contribution < 1.29 is 5.11 Å². The highest BCUT2D eigenvalue weighted by molar-refractivity contribution is 6.28. The molecule has 0 saturated heterocycles. The second-order valence-corrected chi connectivity index (χ2v) is 4.36. The molecule has 0 aliphatic rings. The zero-order valence-corrected chi connectivity index (χ0v) is 10.5. The number of aliphatic hydroxyl groups is 1. The van der Waals surface area contributed by atoms with Crippen LogP contribution in [0.1, 0.15) is 25.5 Å². The first-order valence-electron chi connectivity index (χ1n) is 5.47. The molecule has 1 heterocycles. The van der Waals surface area contributed by atoms with E-state index < -0.39 is 0 Å². The first-order chi connectivity index (χ1) is 7.61. The predicted octanol–water partition coefficient (Wildman–Crippen LogP) is 2.26. The average Bonchev–Trinajstić information content (AvgIpc) is 2.22. The van der Waals surface area contributed by atoms with Gasteiger partial charge in [0, 0.05) is 24.9 Å². The lowest BCUT2D eigenvalue weighted by Gasteiger charge is -2.09. The zero-order valence-electron chi connectivity index (χ0n) is 9.70. The highest BCUT2D eigenvalue weighted by Crippen LogP contribution is 2.10. The minimum Gasteiger partial charge on any atom is -0.396 e. The summed E-state index contributed by atoms with van der Waals surface area (Å²) in [4.78, 5) is 8.05. The minimum absolute atomic E-state index is 0.248. The molecule has 1 aromatic rings. The number of nitrogens with one attached hydrogen (secondary N) is 1. The van der Waals surface area contributed by atoms with E-state index in [0.29, 0.717) is 5.92 Å². The molecule has 16 heavy (non-hydrogen) atoms. The number of aliphatic hydroxyl groups excluding tert-OH is 1.